The highest BCUT2D eigenvalue weighted by Gasteiger charge is 2.19. The number of nitrogens with zero attached hydrogens (tertiary/aromatic N) is 6. The van der Waals surface area contributed by atoms with Crippen molar-refractivity contribution in [2.24, 2.45) is 0 Å². The van der Waals surface area contributed by atoms with Crippen molar-refractivity contribution < 1.29 is 0 Å². The van der Waals surface area contributed by atoms with Crippen molar-refractivity contribution >= 4 is 28.3 Å². The van der Waals surface area contributed by atoms with E-state index in [4.69, 9.17) is 4.98 Å². The summed E-state index contributed by atoms with van der Waals surface area (Å²) in [6.07, 6.45) is 5.56. The van der Waals surface area contributed by atoms with E-state index in [2.05, 4.69) is 35.8 Å². The van der Waals surface area contributed by atoms with Gasteiger partial charge in [-0.3, -0.25) is 0 Å². The molecule has 7 heteroatoms. The Morgan fingerprint density at radius 2 is 1.95 bits per heavy atom. The van der Waals surface area contributed by atoms with Gasteiger partial charge < -0.3 is 4.90 Å². The minimum atomic E-state index is -0.110. The Morgan fingerprint density at radius 1 is 1.18 bits per heavy atom. The van der Waals surface area contributed by atoms with Gasteiger partial charge in [-0.05, 0) is 27.7 Å². The molecule has 0 bridgehead atoms. The van der Waals surface area contributed by atoms with Crippen LogP contribution in [-0.2, 0) is 12.1 Å². The Kier molecular flexibility index (Phi) is 3.60. The minimum absolute atomic E-state index is 0.110. The number of hydrogen-bond donors (Lipinski definition) is 0. The molecule has 0 radical (unpaired) electrons. The number of hydrogen-bond acceptors (Lipinski definition) is 6. The average Bonchev–Trinajstić information content (AvgIpc) is 3.03. The molecule has 0 saturated carbocycles. The summed E-state index contributed by atoms with van der Waals surface area (Å²) in [7, 11) is 1.99. The second-order valence-electron chi connectivity index (χ2n) is 6.38. The van der Waals surface area contributed by atoms with Crippen LogP contribution in [0.5, 0.6) is 0 Å². The molecule has 0 atom stereocenters. The van der Waals surface area contributed by atoms with Gasteiger partial charge in [-0.2, -0.15) is 10.1 Å². The van der Waals surface area contributed by atoms with Crippen LogP contribution in [0.1, 0.15) is 30.7 Å². The molecule has 6 nitrogen and oxygen atoms in total. The minimum Gasteiger partial charge on any atom is -0.339 e. The van der Waals surface area contributed by atoms with Gasteiger partial charge in [-0.25, -0.2) is 14.6 Å². The van der Waals surface area contributed by atoms with Gasteiger partial charge in [0.2, 0.25) is 5.95 Å². The van der Waals surface area contributed by atoms with Crippen LogP contribution in [0.4, 0.5) is 5.95 Å². The smallest absolute Gasteiger partial charge is 0.227 e. The molecule has 0 fully saturated rings. The Hall–Kier alpha value is -2.02. The number of aromatic nitrogens is 5. The van der Waals surface area contributed by atoms with Crippen molar-refractivity contribution in [2.75, 3.05) is 11.9 Å². The summed E-state index contributed by atoms with van der Waals surface area (Å²) in [6, 6.07) is 0. The van der Waals surface area contributed by atoms with Crippen LogP contribution in [0.15, 0.2) is 18.6 Å². The van der Waals surface area contributed by atoms with E-state index in [1.807, 2.05) is 42.1 Å². The van der Waals surface area contributed by atoms with Gasteiger partial charge >= 0.3 is 0 Å². The van der Waals surface area contributed by atoms with Crippen LogP contribution < -0.4 is 4.90 Å². The fourth-order valence-electron chi connectivity index (χ4n) is 2.27. The molecular weight excluding hydrogens is 296 g/mol. The first-order valence-electron chi connectivity index (χ1n) is 7.18. The van der Waals surface area contributed by atoms with Gasteiger partial charge in [0.25, 0.3) is 0 Å². The van der Waals surface area contributed by atoms with Crippen LogP contribution in [-0.4, -0.2) is 31.8 Å². The SMILES string of the molecule is Cc1ncc(CN(C)c2ncc3cnn(C(C)(C)C)c3n2)s1. The quantitative estimate of drug-likeness (QED) is 0.743. The maximum atomic E-state index is 4.70. The summed E-state index contributed by atoms with van der Waals surface area (Å²) < 4.78 is 1.94. The van der Waals surface area contributed by atoms with Gasteiger partial charge in [0.1, 0.15) is 0 Å². The molecule has 116 valence electrons. The maximum Gasteiger partial charge on any atom is 0.227 e. The zero-order valence-corrected chi connectivity index (χ0v) is 14.3. The molecule has 0 aliphatic carbocycles. The molecule has 22 heavy (non-hydrogen) atoms. The third-order valence-corrected chi connectivity index (χ3v) is 4.23. The summed E-state index contributed by atoms with van der Waals surface area (Å²) in [4.78, 5) is 16.7. The standard InChI is InChI=1S/C15H20N6S/c1-10-16-8-12(22-10)9-20(5)14-17-6-11-7-18-21(13(11)19-14)15(2,3)4/h6-8H,9H2,1-5H3. The first-order chi connectivity index (χ1) is 10.3. The fraction of sp³-hybridized carbons (Fsp3) is 0.467. The molecule has 3 aromatic rings. The van der Waals surface area contributed by atoms with Crippen molar-refractivity contribution in [3.8, 4) is 0 Å². The largest absolute Gasteiger partial charge is 0.339 e. The molecular formula is C15H20N6S. The molecule has 3 rings (SSSR count). The number of anilines is 1. The van der Waals surface area contributed by atoms with Crippen LogP contribution in [0, 0.1) is 6.92 Å². The van der Waals surface area contributed by atoms with Crippen LogP contribution >= 0.6 is 11.3 Å². The average molecular weight is 316 g/mol. The first kappa shape index (κ1) is 14.9. The Bertz CT molecular complexity index is 798. The molecule has 0 saturated heterocycles. The molecule has 0 amide bonds. The van der Waals surface area contributed by atoms with E-state index in [0.29, 0.717) is 5.95 Å². The normalized spacial score (nSPS) is 12.0. The maximum absolute atomic E-state index is 4.70. The molecule has 0 spiro atoms. The topological polar surface area (TPSA) is 59.7 Å². The number of thiazole rings is 1. The number of fused-ring (bicyclic) bond motifs is 1. The summed E-state index contributed by atoms with van der Waals surface area (Å²) in [5.41, 5.74) is 0.755. The highest BCUT2D eigenvalue weighted by molar-refractivity contribution is 7.11. The fourth-order valence-corrected chi connectivity index (χ4v) is 3.11. The number of rotatable bonds is 3. The highest BCUT2D eigenvalue weighted by atomic mass is 32.1. The van der Waals surface area contributed by atoms with Crippen LogP contribution in [0.3, 0.4) is 0 Å². The lowest BCUT2D eigenvalue weighted by Crippen LogP contribution is -2.24. The van der Waals surface area contributed by atoms with Crippen molar-refractivity contribution in [2.45, 2.75) is 39.8 Å². The molecule has 0 aromatic carbocycles. The van der Waals surface area contributed by atoms with Gasteiger partial charge in [0.15, 0.2) is 5.65 Å². The van der Waals surface area contributed by atoms with Gasteiger partial charge in [-0.1, -0.05) is 0 Å². The second-order valence-corrected chi connectivity index (χ2v) is 7.70. The van der Waals surface area contributed by atoms with E-state index in [1.165, 1.54) is 4.88 Å². The molecule has 0 N–H and O–H groups in total. The van der Waals surface area contributed by atoms with Gasteiger partial charge in [-0.15, -0.1) is 11.3 Å². The molecule has 0 aliphatic rings. The zero-order chi connectivity index (χ0) is 15.9. The lowest BCUT2D eigenvalue weighted by atomic mass is 10.1. The Labute approximate surface area is 133 Å². The summed E-state index contributed by atoms with van der Waals surface area (Å²) in [5.74, 6) is 0.699. The predicted molar refractivity (Wildman–Crippen MR) is 89.3 cm³/mol. The third kappa shape index (κ3) is 2.81. The zero-order valence-electron chi connectivity index (χ0n) is 13.5. The van der Waals surface area contributed by atoms with E-state index in [1.54, 1.807) is 11.3 Å². The summed E-state index contributed by atoms with van der Waals surface area (Å²) >= 11 is 1.70. The van der Waals surface area contributed by atoms with Crippen molar-refractivity contribution in [1.29, 1.82) is 0 Å². The Balaban J connectivity index is 1.93. The van der Waals surface area contributed by atoms with Gasteiger partial charge in [0.05, 0.1) is 28.7 Å². The second kappa shape index (κ2) is 5.31. The monoisotopic (exact) mass is 316 g/mol. The van der Waals surface area contributed by atoms with Gasteiger partial charge in [0, 0.05) is 24.3 Å². The van der Waals surface area contributed by atoms with E-state index >= 15 is 0 Å². The van der Waals surface area contributed by atoms with Crippen LogP contribution in [0.25, 0.3) is 11.0 Å². The van der Waals surface area contributed by atoms with Crippen molar-refractivity contribution in [3.05, 3.63) is 28.5 Å². The summed E-state index contributed by atoms with van der Waals surface area (Å²) in [6.45, 7) is 9.11. The Morgan fingerprint density at radius 3 is 2.59 bits per heavy atom. The molecule has 3 aromatic heterocycles. The first-order valence-corrected chi connectivity index (χ1v) is 8.00. The van der Waals surface area contributed by atoms with Crippen molar-refractivity contribution in [3.63, 3.8) is 0 Å². The highest BCUT2D eigenvalue weighted by Crippen LogP contribution is 2.22. The lowest BCUT2D eigenvalue weighted by molar-refractivity contribution is 0.366. The summed E-state index contributed by atoms with van der Waals surface area (Å²) in [5, 5.41) is 6.48. The predicted octanol–water partition coefficient (Wildman–Crippen LogP) is 2.98. The molecule has 3 heterocycles. The van der Waals surface area contributed by atoms with Crippen molar-refractivity contribution in [1.82, 2.24) is 24.7 Å². The lowest BCUT2D eigenvalue weighted by Gasteiger charge is -2.21. The van der Waals surface area contributed by atoms with E-state index < -0.39 is 0 Å². The molecule has 0 aliphatic heterocycles. The van der Waals surface area contributed by atoms with Crippen LogP contribution in [0.2, 0.25) is 0 Å². The van der Waals surface area contributed by atoms with E-state index in [-0.39, 0.29) is 5.54 Å². The number of aryl methyl sites for hydroxylation is 1. The third-order valence-electron chi connectivity index (χ3n) is 3.34. The van der Waals surface area contributed by atoms with E-state index in [0.717, 1.165) is 22.6 Å². The molecule has 0 unspecified atom stereocenters. The van der Waals surface area contributed by atoms with E-state index in [9.17, 15) is 0 Å².